The van der Waals surface area contributed by atoms with Gasteiger partial charge in [-0.05, 0) is 51.2 Å². The van der Waals surface area contributed by atoms with E-state index < -0.39 is 54.6 Å². The summed E-state index contributed by atoms with van der Waals surface area (Å²) in [5.74, 6) is -3.88. The average molecular weight is 1050 g/mol. The maximum atomic E-state index is 12.5. The fourth-order valence-electron chi connectivity index (χ4n) is 6.72. The molecule has 17 nitrogen and oxygen atoms in total. The van der Waals surface area contributed by atoms with Crippen molar-refractivity contribution in [3.05, 3.63) is 71.8 Å². The number of methoxy groups -OCH3 is 2. The number of carboxylic acids is 2. The summed E-state index contributed by atoms with van der Waals surface area (Å²) >= 11 is 0. The minimum Gasteiger partial charge on any atom is -0.481 e. The van der Waals surface area contributed by atoms with Gasteiger partial charge in [0.15, 0.2) is 18.9 Å². The average Bonchev–Trinajstić information content (AvgIpc) is 3.23. The van der Waals surface area contributed by atoms with Crippen LogP contribution in [0.25, 0.3) is 0 Å². The molecule has 4 atom stereocenters. The number of esters is 1. The molecule has 0 unspecified atom stereocenters. The highest BCUT2D eigenvalue weighted by atomic mass is 16.9. The van der Waals surface area contributed by atoms with Crippen molar-refractivity contribution in [2.75, 3.05) is 20.8 Å². The summed E-state index contributed by atoms with van der Waals surface area (Å²) in [4.78, 5) is 67.4. The molecule has 2 aromatic carbocycles. The molecule has 1 saturated heterocycles. The van der Waals surface area contributed by atoms with Crippen LogP contribution in [0.15, 0.2) is 60.7 Å². The molecule has 17 heteroatoms. The number of ether oxygens (including phenoxy) is 5. The molecular formula is C57H98N4O13. The standard InChI is InChI=1S/C19H30N2O4.C18H36O3.C14H18N2O5.C6H12O.H2/c1-19(2,3)10-11-20-15(13-17(22)23)18(24)21-16(25-4)12-14-8-6-5-7-9-14;1-16(2,3)10-13-19-14(11-17(4,5)6)21-15(20-13)12-18(7,8)9;1-21-14(20)11(7-9-5-3-2-4-6-9)16-13(19)10(15)8-12(17)18;1-6(2,3)4-5-7;/h5-9,15-16,20H,10-13H2,1-4H3,(H,21,24)(H,22,23);13-15H,10-12H2,1-9H3;2-6,10-11H,7-8,15H2,1H3,(H,16,19)(H,17,18);5H,4H2,1-3H3;1H/t15-,16+;;10-,11-;;/m0.0../s1. The van der Waals surface area contributed by atoms with E-state index in [1.54, 1.807) is 12.1 Å². The highest BCUT2D eigenvalue weighted by Gasteiger charge is 2.37. The molecule has 0 spiro atoms. The normalized spacial score (nSPS) is 17.6. The van der Waals surface area contributed by atoms with E-state index in [-0.39, 0.29) is 66.1 Å². The third kappa shape index (κ3) is 37.0. The van der Waals surface area contributed by atoms with Crippen molar-refractivity contribution in [1.82, 2.24) is 16.0 Å². The maximum absolute atomic E-state index is 12.5. The summed E-state index contributed by atoms with van der Waals surface area (Å²) in [7, 11) is 2.73. The first-order valence-electron chi connectivity index (χ1n) is 25.6. The highest BCUT2D eigenvalue weighted by Crippen LogP contribution is 2.35. The van der Waals surface area contributed by atoms with E-state index >= 15 is 0 Å². The minimum absolute atomic E-state index is 0. The number of aliphatic carboxylic acids is 2. The number of nitrogens with two attached hydrogens (primary N) is 1. The SMILES string of the molecule is CC(C)(C)CC1OC(CC(C)(C)C)OC(CC(C)(C)C)O1.CC(C)(C)CC=O.COC(=O)[C@H](Cc1ccccc1)NC(=O)[C@@H](N)CC(=O)O.CO[C@H](Cc1ccccc1)NC(=O)[C@H](CC(=O)O)NCCC(C)(C)C.[HH]. The molecule has 0 aromatic heterocycles. The van der Waals surface area contributed by atoms with Crippen LogP contribution in [-0.2, 0) is 65.3 Å². The van der Waals surface area contributed by atoms with Crippen molar-refractivity contribution in [2.45, 2.75) is 205 Å². The van der Waals surface area contributed by atoms with Crippen LogP contribution in [0.5, 0.6) is 0 Å². The van der Waals surface area contributed by atoms with E-state index in [9.17, 15) is 28.8 Å². The molecule has 424 valence electrons. The summed E-state index contributed by atoms with van der Waals surface area (Å²) in [5.41, 5.74) is 8.16. The lowest BCUT2D eigenvalue weighted by Crippen LogP contribution is -2.50. The lowest BCUT2D eigenvalue weighted by molar-refractivity contribution is -0.395. The van der Waals surface area contributed by atoms with Gasteiger partial charge in [-0.25, -0.2) is 4.79 Å². The number of carbonyl (C=O) groups excluding carboxylic acids is 4. The molecule has 2 aromatic rings. The van der Waals surface area contributed by atoms with Gasteiger partial charge in [-0.15, -0.1) is 0 Å². The zero-order valence-corrected chi connectivity index (χ0v) is 47.9. The third-order valence-electron chi connectivity index (χ3n) is 10.6. The zero-order chi connectivity index (χ0) is 57.1. The lowest BCUT2D eigenvalue weighted by Gasteiger charge is -2.41. The number of aldehydes is 1. The second-order valence-electron chi connectivity index (χ2n) is 24.7. The number of hydrogen-bond acceptors (Lipinski definition) is 13. The first-order valence-corrected chi connectivity index (χ1v) is 25.6. The molecule has 1 aliphatic rings. The first kappa shape index (κ1) is 69.2. The van der Waals surface area contributed by atoms with Gasteiger partial charge >= 0.3 is 17.9 Å². The van der Waals surface area contributed by atoms with Crippen molar-refractivity contribution >= 4 is 36.0 Å². The largest absolute Gasteiger partial charge is 0.481 e. The van der Waals surface area contributed by atoms with Gasteiger partial charge < -0.3 is 60.4 Å². The summed E-state index contributed by atoms with van der Waals surface area (Å²) in [6, 6.07) is 15.8. The molecule has 1 heterocycles. The first-order chi connectivity index (χ1) is 33.9. The molecule has 0 aliphatic carbocycles. The van der Waals surface area contributed by atoms with Crippen molar-refractivity contribution in [3.63, 3.8) is 0 Å². The van der Waals surface area contributed by atoms with Crippen molar-refractivity contribution in [3.8, 4) is 0 Å². The van der Waals surface area contributed by atoms with E-state index in [2.05, 4.69) is 104 Å². The van der Waals surface area contributed by atoms with Crippen LogP contribution in [0.3, 0.4) is 0 Å². The van der Waals surface area contributed by atoms with E-state index in [1.807, 2.05) is 69.3 Å². The topological polar surface area (TPSA) is 251 Å². The van der Waals surface area contributed by atoms with Crippen LogP contribution in [-0.4, -0.2) is 110 Å². The summed E-state index contributed by atoms with van der Waals surface area (Å²) in [5, 5.41) is 25.9. The van der Waals surface area contributed by atoms with Crippen LogP contribution in [0.2, 0.25) is 0 Å². The summed E-state index contributed by atoms with van der Waals surface area (Å²) < 4.78 is 28.1. The van der Waals surface area contributed by atoms with Crippen molar-refractivity contribution in [1.29, 1.82) is 0 Å². The molecule has 1 fully saturated rings. The quantitative estimate of drug-likeness (QED) is 0.0387. The molecule has 0 radical (unpaired) electrons. The fourth-order valence-corrected chi connectivity index (χ4v) is 6.72. The van der Waals surface area contributed by atoms with Crippen LogP contribution >= 0.6 is 0 Å². The van der Waals surface area contributed by atoms with Gasteiger partial charge in [0.2, 0.25) is 11.8 Å². The second-order valence-corrected chi connectivity index (χ2v) is 24.7. The predicted octanol–water partition coefficient (Wildman–Crippen LogP) is 9.08. The van der Waals surface area contributed by atoms with E-state index in [0.29, 0.717) is 19.4 Å². The van der Waals surface area contributed by atoms with Crippen LogP contribution in [0.4, 0.5) is 0 Å². The van der Waals surface area contributed by atoms with E-state index in [4.69, 9.17) is 34.9 Å². The van der Waals surface area contributed by atoms with E-state index in [1.165, 1.54) is 14.2 Å². The molecule has 0 bridgehead atoms. The fraction of sp³-hybridized carbons (Fsp3) is 0.684. The van der Waals surface area contributed by atoms with Gasteiger partial charge in [0.25, 0.3) is 0 Å². The van der Waals surface area contributed by atoms with Crippen LogP contribution in [0.1, 0.15) is 161 Å². The van der Waals surface area contributed by atoms with Gasteiger partial charge in [-0.2, -0.15) is 0 Å². The highest BCUT2D eigenvalue weighted by molar-refractivity contribution is 5.90. The van der Waals surface area contributed by atoms with Gasteiger partial charge in [-0.3, -0.25) is 19.2 Å². The molecule has 3 rings (SSSR count). The molecular weight excluding hydrogens is 949 g/mol. The summed E-state index contributed by atoms with van der Waals surface area (Å²) in [6.45, 7) is 32.9. The summed E-state index contributed by atoms with van der Waals surface area (Å²) in [6.07, 6.45) is 4.09. The molecule has 74 heavy (non-hydrogen) atoms. The van der Waals surface area contributed by atoms with Crippen LogP contribution in [0, 0.1) is 27.1 Å². The van der Waals surface area contributed by atoms with Gasteiger partial charge in [-0.1, -0.05) is 165 Å². The van der Waals surface area contributed by atoms with Crippen molar-refractivity contribution in [2.24, 2.45) is 32.8 Å². The Morgan fingerprint density at radius 1 is 0.608 bits per heavy atom. The third-order valence-corrected chi connectivity index (χ3v) is 10.6. The molecule has 0 saturated carbocycles. The smallest absolute Gasteiger partial charge is 0.328 e. The number of carboxylic acid groups (broad SMARTS) is 2. The Hall–Kier alpha value is -4.78. The molecule has 2 amide bonds. The van der Waals surface area contributed by atoms with Crippen LogP contribution < -0.4 is 21.7 Å². The zero-order valence-electron chi connectivity index (χ0n) is 47.9. The minimum atomic E-state index is -1.22. The van der Waals surface area contributed by atoms with E-state index in [0.717, 1.165) is 43.1 Å². The molecule has 1 aliphatic heterocycles. The number of rotatable bonds is 21. The predicted molar refractivity (Wildman–Crippen MR) is 291 cm³/mol. The number of carbonyl (C=O) groups is 6. The van der Waals surface area contributed by atoms with Gasteiger partial charge in [0, 0.05) is 47.1 Å². The van der Waals surface area contributed by atoms with Crippen molar-refractivity contribution < 1.29 is 64.1 Å². The Morgan fingerprint density at radius 3 is 1.35 bits per heavy atom. The monoisotopic (exact) mass is 1050 g/mol. The number of nitrogens with one attached hydrogen (secondary N) is 3. The Morgan fingerprint density at radius 2 is 1.03 bits per heavy atom. The molecule has 7 N–H and O–H groups in total. The number of hydrogen-bond donors (Lipinski definition) is 6. The number of amides is 2. The lowest BCUT2D eigenvalue weighted by atomic mass is 9.90. The maximum Gasteiger partial charge on any atom is 0.328 e. The Kier molecular flexibility index (Phi) is 31.1. The number of benzene rings is 2. The van der Waals surface area contributed by atoms with Gasteiger partial charge in [0.1, 0.15) is 18.6 Å². The Bertz CT molecular complexity index is 1880. The van der Waals surface area contributed by atoms with Gasteiger partial charge in [0.05, 0.1) is 32.0 Å². The Labute approximate surface area is 445 Å². The Balaban J connectivity index is 0. The second kappa shape index (κ2) is 33.3.